The number of benzene rings is 1. The minimum Gasteiger partial charge on any atom is -0.493 e. The molecule has 0 saturated carbocycles. The molecule has 1 fully saturated rings. The van der Waals surface area contributed by atoms with Gasteiger partial charge in [0.1, 0.15) is 6.07 Å². The lowest BCUT2D eigenvalue weighted by molar-refractivity contribution is 0.284. The molecule has 0 atom stereocenters. The number of likely N-dealkylation sites (tertiary alicyclic amines) is 1. The summed E-state index contributed by atoms with van der Waals surface area (Å²) in [6, 6.07) is 5.63. The first-order valence-electron chi connectivity index (χ1n) is 7.66. The van der Waals surface area contributed by atoms with Crippen molar-refractivity contribution in [1.82, 2.24) is 4.90 Å². The summed E-state index contributed by atoms with van der Waals surface area (Å²) in [6.07, 6.45) is 4.37. The van der Waals surface area contributed by atoms with E-state index in [1.54, 1.807) is 38.1 Å². The Bertz CT molecular complexity index is 617. The molecule has 5 nitrogen and oxygen atoms in total. The van der Waals surface area contributed by atoms with Gasteiger partial charge in [-0.1, -0.05) is 18.7 Å². The number of aliphatic imine (C=N–C) groups is 1. The summed E-state index contributed by atoms with van der Waals surface area (Å²) in [6.45, 7) is 4.31. The Morgan fingerprint density at radius 2 is 1.87 bits per heavy atom. The van der Waals surface area contributed by atoms with Crippen LogP contribution in [0, 0.1) is 17.2 Å². The molecule has 0 aromatic heterocycles. The second kappa shape index (κ2) is 8.11. The van der Waals surface area contributed by atoms with E-state index in [1.807, 2.05) is 6.26 Å². The first kappa shape index (κ1) is 17.5. The standard InChI is InChI=1S/C17H23N3O2S/c1-12-5-7-20(8-6-12)17(23-4)19-14-10-16(22-3)15(21-2)9-13(14)11-18/h9-10,12H,5-8H2,1-4H3. The Labute approximate surface area is 142 Å². The lowest BCUT2D eigenvalue weighted by Crippen LogP contribution is -2.36. The fourth-order valence-corrected chi connectivity index (χ4v) is 3.23. The second-order valence-electron chi connectivity index (χ2n) is 5.60. The van der Waals surface area contributed by atoms with Crippen molar-refractivity contribution in [2.45, 2.75) is 19.8 Å². The van der Waals surface area contributed by atoms with Crippen molar-refractivity contribution in [1.29, 1.82) is 5.26 Å². The molecule has 1 aromatic carbocycles. The molecule has 0 unspecified atom stereocenters. The number of nitriles is 1. The lowest BCUT2D eigenvalue weighted by Gasteiger charge is -2.32. The summed E-state index contributed by atoms with van der Waals surface area (Å²) in [5.74, 6) is 1.89. The molecule has 1 saturated heterocycles. The molecule has 124 valence electrons. The highest BCUT2D eigenvalue weighted by Gasteiger charge is 2.19. The van der Waals surface area contributed by atoms with E-state index in [0.717, 1.165) is 24.2 Å². The highest BCUT2D eigenvalue weighted by Crippen LogP contribution is 2.35. The van der Waals surface area contributed by atoms with Gasteiger partial charge in [-0.15, -0.1) is 0 Å². The maximum atomic E-state index is 9.40. The average Bonchev–Trinajstić information content (AvgIpc) is 2.59. The van der Waals surface area contributed by atoms with E-state index in [2.05, 4.69) is 17.9 Å². The number of rotatable bonds is 3. The number of nitrogens with zero attached hydrogens (tertiary/aromatic N) is 3. The van der Waals surface area contributed by atoms with Gasteiger partial charge in [0.15, 0.2) is 16.7 Å². The van der Waals surface area contributed by atoms with Crippen molar-refractivity contribution in [2.75, 3.05) is 33.6 Å². The van der Waals surface area contributed by atoms with Crippen LogP contribution in [0.1, 0.15) is 25.3 Å². The third-order valence-corrected chi connectivity index (χ3v) is 4.79. The highest BCUT2D eigenvalue weighted by atomic mass is 32.2. The molecule has 0 amide bonds. The normalized spacial score (nSPS) is 16.1. The molecule has 0 spiro atoms. The van der Waals surface area contributed by atoms with Crippen LogP contribution in [-0.4, -0.2) is 43.6 Å². The zero-order valence-corrected chi connectivity index (χ0v) is 14.9. The summed E-state index contributed by atoms with van der Waals surface area (Å²) in [4.78, 5) is 7.02. The monoisotopic (exact) mass is 333 g/mol. The van der Waals surface area contributed by atoms with Gasteiger partial charge in [-0.25, -0.2) is 4.99 Å². The molecule has 0 aliphatic carbocycles. The Morgan fingerprint density at radius 3 is 2.39 bits per heavy atom. The van der Waals surface area contributed by atoms with E-state index in [4.69, 9.17) is 14.5 Å². The van der Waals surface area contributed by atoms with Crippen LogP contribution in [-0.2, 0) is 0 Å². The molecule has 0 radical (unpaired) electrons. The number of ether oxygens (including phenoxy) is 2. The van der Waals surface area contributed by atoms with Crippen molar-refractivity contribution in [3.05, 3.63) is 17.7 Å². The first-order chi connectivity index (χ1) is 11.1. The van der Waals surface area contributed by atoms with E-state index < -0.39 is 0 Å². The molecule has 6 heteroatoms. The predicted octanol–water partition coefficient (Wildman–Crippen LogP) is 3.66. The van der Waals surface area contributed by atoms with Crippen molar-refractivity contribution in [3.63, 3.8) is 0 Å². The van der Waals surface area contributed by atoms with Crippen molar-refractivity contribution in [2.24, 2.45) is 10.9 Å². The lowest BCUT2D eigenvalue weighted by atomic mass is 10.00. The zero-order chi connectivity index (χ0) is 16.8. The maximum absolute atomic E-state index is 9.40. The third kappa shape index (κ3) is 4.11. The number of hydrogen-bond acceptors (Lipinski definition) is 5. The van der Waals surface area contributed by atoms with Gasteiger partial charge in [0, 0.05) is 25.2 Å². The fraction of sp³-hybridized carbons (Fsp3) is 0.529. The summed E-state index contributed by atoms with van der Waals surface area (Å²) in [7, 11) is 3.14. The van der Waals surface area contributed by atoms with Crippen LogP contribution in [0.3, 0.4) is 0 Å². The van der Waals surface area contributed by atoms with Crippen LogP contribution in [0.4, 0.5) is 5.69 Å². The summed E-state index contributed by atoms with van der Waals surface area (Å²) < 4.78 is 10.6. The van der Waals surface area contributed by atoms with Gasteiger partial charge >= 0.3 is 0 Å². The van der Waals surface area contributed by atoms with Gasteiger partial charge in [-0.05, 0) is 25.0 Å². The SMILES string of the molecule is COc1cc(C#N)c(N=C(SC)N2CCC(C)CC2)cc1OC. The average molecular weight is 333 g/mol. The quantitative estimate of drug-likeness (QED) is 0.624. The van der Waals surface area contributed by atoms with Crippen molar-refractivity contribution < 1.29 is 9.47 Å². The molecule has 1 heterocycles. The summed E-state index contributed by atoms with van der Waals surface area (Å²) in [5.41, 5.74) is 1.10. The van der Waals surface area contributed by atoms with Crippen LogP contribution in [0.2, 0.25) is 0 Å². The smallest absolute Gasteiger partial charge is 0.164 e. The second-order valence-corrected chi connectivity index (χ2v) is 6.38. The number of piperidine rings is 1. The van der Waals surface area contributed by atoms with E-state index in [1.165, 1.54) is 12.8 Å². The van der Waals surface area contributed by atoms with Gasteiger partial charge in [0.05, 0.1) is 25.5 Å². The number of thioether (sulfide) groups is 1. The fourth-order valence-electron chi connectivity index (χ4n) is 2.60. The molecule has 0 bridgehead atoms. The van der Waals surface area contributed by atoms with Crippen LogP contribution in [0.15, 0.2) is 17.1 Å². The zero-order valence-electron chi connectivity index (χ0n) is 14.1. The molecular weight excluding hydrogens is 310 g/mol. The molecule has 23 heavy (non-hydrogen) atoms. The first-order valence-corrected chi connectivity index (χ1v) is 8.89. The molecule has 2 rings (SSSR count). The number of amidine groups is 1. The van der Waals surface area contributed by atoms with E-state index >= 15 is 0 Å². The topological polar surface area (TPSA) is 57.8 Å². The minimum absolute atomic E-state index is 0.486. The molecule has 1 aromatic rings. The minimum atomic E-state index is 0.486. The Morgan fingerprint density at radius 1 is 1.26 bits per heavy atom. The largest absolute Gasteiger partial charge is 0.493 e. The summed E-state index contributed by atoms with van der Waals surface area (Å²) in [5, 5.41) is 10.3. The van der Waals surface area contributed by atoms with Crippen LogP contribution >= 0.6 is 11.8 Å². The predicted molar refractivity (Wildman–Crippen MR) is 94.8 cm³/mol. The molecule has 1 aliphatic rings. The van der Waals surface area contributed by atoms with E-state index in [0.29, 0.717) is 22.7 Å². The third-order valence-electron chi connectivity index (χ3n) is 4.08. The van der Waals surface area contributed by atoms with Gasteiger partial charge in [0.25, 0.3) is 0 Å². The van der Waals surface area contributed by atoms with Crippen molar-refractivity contribution in [3.8, 4) is 17.6 Å². The van der Waals surface area contributed by atoms with Gasteiger partial charge in [-0.2, -0.15) is 5.26 Å². The number of hydrogen-bond donors (Lipinski definition) is 0. The van der Waals surface area contributed by atoms with Crippen molar-refractivity contribution >= 4 is 22.6 Å². The van der Waals surface area contributed by atoms with Crippen LogP contribution in [0.5, 0.6) is 11.5 Å². The van der Waals surface area contributed by atoms with Crippen LogP contribution < -0.4 is 9.47 Å². The molecule has 0 N–H and O–H groups in total. The Hall–Kier alpha value is -1.87. The van der Waals surface area contributed by atoms with Gasteiger partial charge in [0.2, 0.25) is 0 Å². The Kier molecular flexibility index (Phi) is 6.17. The highest BCUT2D eigenvalue weighted by molar-refractivity contribution is 8.13. The molecule has 1 aliphatic heterocycles. The number of methoxy groups -OCH3 is 2. The van der Waals surface area contributed by atoms with Crippen LogP contribution in [0.25, 0.3) is 0 Å². The van der Waals surface area contributed by atoms with E-state index in [9.17, 15) is 5.26 Å². The summed E-state index contributed by atoms with van der Waals surface area (Å²) >= 11 is 1.61. The van der Waals surface area contributed by atoms with E-state index in [-0.39, 0.29) is 0 Å². The maximum Gasteiger partial charge on any atom is 0.164 e. The molecular formula is C17H23N3O2S. The van der Waals surface area contributed by atoms with Gasteiger partial charge < -0.3 is 14.4 Å². The Balaban J connectivity index is 2.37. The van der Waals surface area contributed by atoms with Gasteiger partial charge in [-0.3, -0.25) is 0 Å².